The van der Waals surface area contributed by atoms with Gasteiger partial charge in [-0.1, -0.05) is 23.8 Å². The van der Waals surface area contributed by atoms with E-state index < -0.39 is 0 Å². The van der Waals surface area contributed by atoms with E-state index in [0.717, 1.165) is 16.5 Å². The van der Waals surface area contributed by atoms with E-state index in [4.69, 9.17) is 11.6 Å². The summed E-state index contributed by atoms with van der Waals surface area (Å²) in [6.07, 6.45) is 0. The van der Waals surface area contributed by atoms with Crippen LogP contribution in [0.4, 0.5) is 11.8 Å². The van der Waals surface area contributed by atoms with E-state index in [9.17, 15) is 0 Å². The maximum Gasteiger partial charge on any atom is 0.222 e. The van der Waals surface area contributed by atoms with Crippen LogP contribution in [0.1, 0.15) is 5.56 Å². The second-order valence-corrected chi connectivity index (χ2v) is 6.54. The molecule has 2 aromatic heterocycles. The highest BCUT2D eigenvalue weighted by molar-refractivity contribution is 7.22. The fourth-order valence-electron chi connectivity index (χ4n) is 2.71. The summed E-state index contributed by atoms with van der Waals surface area (Å²) < 4.78 is 1.27. The van der Waals surface area contributed by atoms with Gasteiger partial charge in [-0.3, -0.25) is 0 Å². The molecule has 0 fully saturated rings. The van der Waals surface area contributed by atoms with Crippen molar-refractivity contribution in [2.75, 3.05) is 11.2 Å². The van der Waals surface area contributed by atoms with Crippen LogP contribution in [0.3, 0.4) is 0 Å². The van der Waals surface area contributed by atoms with E-state index in [-0.39, 0.29) is 5.95 Å². The molecule has 0 amide bonds. The third-order valence-electron chi connectivity index (χ3n) is 3.81. The van der Waals surface area contributed by atoms with Crippen LogP contribution in [0, 0.1) is 6.92 Å². The Bertz CT molecular complexity index is 1040. The van der Waals surface area contributed by atoms with Gasteiger partial charge in [-0.05, 0) is 42.1 Å². The fourth-order valence-corrected chi connectivity index (χ4v) is 3.75. The standard InChI is InChI=1S/C17H15N5S/c1-9-2-5-14-11(6-9)8-15(23-14)10-3-4-13-12(7-10)16(22-19)21-17(18)20-13/h2-8H,19H2,1H3,(H3,18,20,21,22). The van der Waals surface area contributed by atoms with E-state index in [1.54, 1.807) is 11.3 Å². The molecule has 114 valence electrons. The summed E-state index contributed by atoms with van der Waals surface area (Å²) in [7, 11) is 0. The molecule has 4 aromatic rings. The van der Waals surface area contributed by atoms with Crippen molar-refractivity contribution in [2.45, 2.75) is 6.92 Å². The number of benzene rings is 2. The van der Waals surface area contributed by atoms with Crippen LogP contribution >= 0.6 is 11.3 Å². The van der Waals surface area contributed by atoms with Crippen molar-refractivity contribution >= 4 is 44.1 Å². The normalized spacial score (nSPS) is 11.2. The summed E-state index contributed by atoms with van der Waals surface area (Å²) in [4.78, 5) is 9.59. The van der Waals surface area contributed by atoms with Crippen molar-refractivity contribution in [1.29, 1.82) is 0 Å². The largest absolute Gasteiger partial charge is 0.368 e. The van der Waals surface area contributed by atoms with Crippen molar-refractivity contribution in [3.05, 3.63) is 48.0 Å². The van der Waals surface area contributed by atoms with Crippen LogP contribution in [0.25, 0.3) is 31.4 Å². The molecule has 0 aliphatic heterocycles. The van der Waals surface area contributed by atoms with Gasteiger partial charge in [0, 0.05) is 15.0 Å². The predicted octanol–water partition coefficient (Wildman–Crippen LogP) is 3.69. The lowest BCUT2D eigenvalue weighted by Crippen LogP contribution is -2.11. The van der Waals surface area contributed by atoms with E-state index >= 15 is 0 Å². The highest BCUT2D eigenvalue weighted by Gasteiger charge is 2.09. The van der Waals surface area contributed by atoms with Crippen molar-refractivity contribution < 1.29 is 0 Å². The molecule has 2 heterocycles. The molecule has 0 bridgehead atoms. The minimum Gasteiger partial charge on any atom is -0.368 e. The predicted molar refractivity (Wildman–Crippen MR) is 97.3 cm³/mol. The molecule has 0 spiro atoms. The van der Waals surface area contributed by atoms with Crippen LogP contribution in [0.5, 0.6) is 0 Å². The van der Waals surface area contributed by atoms with Crippen molar-refractivity contribution in [2.24, 2.45) is 5.84 Å². The first-order valence-electron chi connectivity index (χ1n) is 7.18. The number of hydrogen-bond donors (Lipinski definition) is 3. The number of rotatable bonds is 2. The second-order valence-electron chi connectivity index (χ2n) is 5.46. The Hall–Kier alpha value is -2.70. The highest BCUT2D eigenvalue weighted by atomic mass is 32.1. The number of fused-ring (bicyclic) bond motifs is 2. The molecule has 0 aliphatic rings. The summed E-state index contributed by atoms with van der Waals surface area (Å²) in [6, 6.07) is 14.7. The number of aryl methyl sites for hydroxylation is 1. The zero-order valence-corrected chi connectivity index (χ0v) is 13.3. The first kappa shape index (κ1) is 13.9. The van der Waals surface area contributed by atoms with Crippen LogP contribution in [-0.4, -0.2) is 9.97 Å². The molecule has 4 rings (SSSR count). The molecule has 0 atom stereocenters. The second kappa shape index (κ2) is 5.19. The summed E-state index contributed by atoms with van der Waals surface area (Å²) in [6.45, 7) is 2.10. The first-order valence-corrected chi connectivity index (χ1v) is 8.00. The first-order chi connectivity index (χ1) is 11.1. The number of nitrogen functional groups attached to an aromatic ring is 2. The van der Waals surface area contributed by atoms with Crippen LogP contribution in [0.2, 0.25) is 0 Å². The summed E-state index contributed by atoms with van der Waals surface area (Å²) >= 11 is 1.77. The minimum absolute atomic E-state index is 0.204. The van der Waals surface area contributed by atoms with Gasteiger partial charge in [0.1, 0.15) is 0 Å². The monoisotopic (exact) mass is 321 g/mol. The molecule has 5 N–H and O–H groups in total. The number of nitrogens with zero attached hydrogens (tertiary/aromatic N) is 2. The van der Waals surface area contributed by atoms with Crippen LogP contribution < -0.4 is 17.0 Å². The smallest absolute Gasteiger partial charge is 0.222 e. The maximum atomic E-state index is 5.70. The summed E-state index contributed by atoms with van der Waals surface area (Å²) in [5.41, 5.74) is 11.4. The molecular formula is C17H15N5S. The minimum atomic E-state index is 0.204. The molecule has 6 heteroatoms. The third-order valence-corrected chi connectivity index (χ3v) is 4.97. The Morgan fingerprint density at radius 1 is 1.04 bits per heavy atom. The van der Waals surface area contributed by atoms with Crippen molar-refractivity contribution in [3.63, 3.8) is 0 Å². The molecule has 0 saturated carbocycles. The lowest BCUT2D eigenvalue weighted by Gasteiger charge is -2.07. The average molecular weight is 321 g/mol. The van der Waals surface area contributed by atoms with Gasteiger partial charge in [0.2, 0.25) is 5.95 Å². The van der Waals surface area contributed by atoms with E-state index in [2.05, 4.69) is 46.6 Å². The van der Waals surface area contributed by atoms with Crippen molar-refractivity contribution in [3.8, 4) is 10.4 Å². The van der Waals surface area contributed by atoms with Crippen LogP contribution in [0.15, 0.2) is 42.5 Å². The highest BCUT2D eigenvalue weighted by Crippen LogP contribution is 2.35. The molecule has 0 unspecified atom stereocenters. The Morgan fingerprint density at radius 2 is 1.91 bits per heavy atom. The number of thiophene rings is 1. The zero-order valence-electron chi connectivity index (χ0n) is 12.5. The molecule has 23 heavy (non-hydrogen) atoms. The lowest BCUT2D eigenvalue weighted by atomic mass is 10.1. The molecule has 5 nitrogen and oxygen atoms in total. The number of anilines is 2. The molecular weight excluding hydrogens is 306 g/mol. The van der Waals surface area contributed by atoms with Gasteiger partial charge in [0.15, 0.2) is 5.82 Å². The zero-order chi connectivity index (χ0) is 16.0. The van der Waals surface area contributed by atoms with Gasteiger partial charge < -0.3 is 11.2 Å². The topological polar surface area (TPSA) is 89.8 Å². The molecule has 0 aliphatic carbocycles. The Kier molecular flexibility index (Phi) is 3.14. The maximum absolute atomic E-state index is 5.70. The van der Waals surface area contributed by atoms with Crippen molar-refractivity contribution in [1.82, 2.24) is 9.97 Å². The number of nitrogens with one attached hydrogen (secondary N) is 1. The SMILES string of the molecule is Cc1ccc2sc(-c3ccc4nc(N)nc(NN)c4c3)cc2c1. The van der Waals surface area contributed by atoms with Gasteiger partial charge >= 0.3 is 0 Å². The van der Waals surface area contributed by atoms with Gasteiger partial charge in [-0.25, -0.2) is 10.8 Å². The quantitative estimate of drug-likeness (QED) is 0.387. The van der Waals surface area contributed by atoms with E-state index in [0.29, 0.717) is 5.82 Å². The Labute approximate surface area is 136 Å². The number of aromatic nitrogens is 2. The number of hydrogen-bond acceptors (Lipinski definition) is 6. The Morgan fingerprint density at radius 3 is 2.74 bits per heavy atom. The van der Waals surface area contributed by atoms with Gasteiger partial charge in [0.25, 0.3) is 0 Å². The lowest BCUT2D eigenvalue weighted by molar-refractivity contribution is 1.19. The van der Waals surface area contributed by atoms with Crippen LogP contribution in [-0.2, 0) is 0 Å². The average Bonchev–Trinajstić information content (AvgIpc) is 2.96. The van der Waals surface area contributed by atoms with Gasteiger partial charge in [0.05, 0.1) is 5.52 Å². The van der Waals surface area contributed by atoms with Gasteiger partial charge in [-0.2, -0.15) is 4.98 Å². The fraction of sp³-hybridized carbons (Fsp3) is 0.0588. The Balaban J connectivity index is 1.91. The third kappa shape index (κ3) is 2.38. The molecule has 0 saturated heterocycles. The molecule has 2 aromatic carbocycles. The summed E-state index contributed by atoms with van der Waals surface area (Å²) in [5.74, 6) is 6.30. The van der Waals surface area contributed by atoms with E-state index in [1.807, 2.05) is 18.2 Å². The number of hydrazine groups is 1. The molecule has 0 radical (unpaired) electrons. The van der Waals surface area contributed by atoms with E-state index in [1.165, 1.54) is 20.5 Å². The van der Waals surface area contributed by atoms with Gasteiger partial charge in [-0.15, -0.1) is 11.3 Å². The summed E-state index contributed by atoms with van der Waals surface area (Å²) in [5, 5.41) is 2.11. The number of nitrogens with two attached hydrogens (primary N) is 2.